The van der Waals surface area contributed by atoms with Gasteiger partial charge < -0.3 is 20.3 Å². The molecule has 1 aromatic carbocycles. The molecule has 7 nitrogen and oxygen atoms in total. The zero-order valence-electron chi connectivity index (χ0n) is 23.5. The van der Waals surface area contributed by atoms with Crippen LogP contribution in [0.1, 0.15) is 41.9 Å². The van der Waals surface area contributed by atoms with Crippen LogP contribution in [0.4, 0.5) is 23.2 Å². The summed E-state index contributed by atoms with van der Waals surface area (Å²) in [5, 5.41) is 5.35. The fraction of sp³-hybridized carbons (Fsp3) is 0.400. The van der Waals surface area contributed by atoms with Gasteiger partial charge >= 0.3 is 6.18 Å². The number of nitrogens with zero attached hydrogens (tertiary/aromatic N) is 3. The molecule has 3 heterocycles. The summed E-state index contributed by atoms with van der Waals surface area (Å²) in [6, 6.07) is 5.01. The maximum absolute atomic E-state index is 15.0. The predicted molar refractivity (Wildman–Crippen MR) is 150 cm³/mol. The number of allylic oxidation sites excluding steroid dienone is 2. The summed E-state index contributed by atoms with van der Waals surface area (Å²) in [6.07, 6.45) is -1.39. The van der Waals surface area contributed by atoms with E-state index in [0.717, 1.165) is 25.7 Å². The Kier molecular flexibility index (Phi) is 9.49. The first kappa shape index (κ1) is 30.3. The third-order valence-electron chi connectivity index (χ3n) is 7.17. The van der Waals surface area contributed by atoms with E-state index in [9.17, 15) is 22.4 Å². The Hall–Kier alpha value is -3.70. The molecule has 2 N–H and O–H groups in total. The van der Waals surface area contributed by atoms with Gasteiger partial charge in [0.2, 0.25) is 5.91 Å². The van der Waals surface area contributed by atoms with Crippen LogP contribution in [0.5, 0.6) is 0 Å². The maximum Gasteiger partial charge on any atom is 0.416 e. The molecule has 2 aliphatic rings. The molecule has 220 valence electrons. The molecule has 41 heavy (non-hydrogen) atoms. The van der Waals surface area contributed by atoms with Crippen molar-refractivity contribution in [2.24, 2.45) is 0 Å². The van der Waals surface area contributed by atoms with E-state index in [1.165, 1.54) is 0 Å². The smallest absolute Gasteiger partial charge is 0.416 e. The average molecular weight is 574 g/mol. The third-order valence-corrected chi connectivity index (χ3v) is 7.17. The summed E-state index contributed by atoms with van der Waals surface area (Å²) in [5.41, 5.74) is 1.50. The zero-order chi connectivity index (χ0) is 29.7. The lowest BCUT2D eigenvalue weighted by molar-refractivity contribution is -0.138. The van der Waals surface area contributed by atoms with Crippen LogP contribution in [-0.2, 0) is 28.7 Å². The number of nitrogens with one attached hydrogen (secondary N) is 2. The van der Waals surface area contributed by atoms with Crippen molar-refractivity contribution < 1.29 is 27.1 Å². The van der Waals surface area contributed by atoms with Gasteiger partial charge in [0.1, 0.15) is 11.6 Å². The van der Waals surface area contributed by atoms with Gasteiger partial charge in [-0.1, -0.05) is 19.6 Å². The number of pyridine rings is 1. The molecule has 4 rings (SSSR count). The number of hydrogen-bond donors (Lipinski definition) is 2. The number of aryl methyl sites for hydroxylation is 1. The minimum atomic E-state index is -4.70. The van der Waals surface area contributed by atoms with Crippen LogP contribution in [0.2, 0.25) is 0 Å². The zero-order valence-corrected chi connectivity index (χ0v) is 23.5. The number of amides is 1. The number of rotatable bonds is 9. The van der Waals surface area contributed by atoms with Crippen molar-refractivity contribution in [1.82, 2.24) is 20.1 Å². The summed E-state index contributed by atoms with van der Waals surface area (Å²) in [5.74, 6) is -0.952. The Morgan fingerprint density at radius 1 is 1.12 bits per heavy atom. The number of dihydropyridines is 1. The Morgan fingerprint density at radius 3 is 2.46 bits per heavy atom. The molecule has 1 fully saturated rings. The molecule has 0 unspecified atom stereocenters. The first-order chi connectivity index (χ1) is 19.5. The monoisotopic (exact) mass is 573 g/mol. The molecule has 1 amide bonds. The van der Waals surface area contributed by atoms with Crippen LogP contribution in [-0.4, -0.2) is 60.0 Å². The molecule has 0 aliphatic carbocycles. The lowest BCUT2D eigenvalue weighted by Gasteiger charge is -2.34. The van der Waals surface area contributed by atoms with Crippen LogP contribution >= 0.6 is 0 Å². The number of piperazine rings is 1. The number of alkyl halides is 3. The van der Waals surface area contributed by atoms with E-state index in [1.54, 1.807) is 31.3 Å². The van der Waals surface area contributed by atoms with Gasteiger partial charge in [0.25, 0.3) is 0 Å². The van der Waals surface area contributed by atoms with Crippen LogP contribution in [0.3, 0.4) is 0 Å². The summed E-state index contributed by atoms with van der Waals surface area (Å²) < 4.78 is 62.6. The van der Waals surface area contributed by atoms with Crippen molar-refractivity contribution in [3.8, 4) is 0 Å². The van der Waals surface area contributed by atoms with E-state index in [1.807, 2.05) is 18.7 Å². The molecule has 11 heteroatoms. The fourth-order valence-electron chi connectivity index (χ4n) is 4.89. The molecule has 1 aromatic heterocycles. The number of carbonyl (C=O) groups is 1. The number of aromatic nitrogens is 1. The molecule has 2 aromatic rings. The first-order valence-corrected chi connectivity index (χ1v) is 13.6. The number of halogens is 4. The summed E-state index contributed by atoms with van der Waals surface area (Å²) in [6.45, 7) is 13.5. The van der Waals surface area contributed by atoms with Crippen LogP contribution < -0.4 is 10.6 Å². The van der Waals surface area contributed by atoms with Crippen molar-refractivity contribution in [1.29, 1.82) is 0 Å². The Balaban J connectivity index is 1.48. The molecule has 1 saturated heterocycles. The highest BCUT2D eigenvalue weighted by Crippen LogP contribution is 2.36. The predicted octanol–water partition coefficient (Wildman–Crippen LogP) is 5.24. The van der Waals surface area contributed by atoms with Gasteiger partial charge in [-0.05, 0) is 49.7 Å². The fourth-order valence-corrected chi connectivity index (χ4v) is 4.89. The largest absolute Gasteiger partial charge is 0.493 e. The standard InChI is InChI=1S/C30H35F4N5O2/c1-5-38-9-11-39(12-10-38)18-22-14-25(31)27(16-24(22)30(32,33)34)37-29(40)15-21-7-8-26(36-20(21)4)23-17-35-19(3)13-28(23)41-6-2/h7-8,13-14,16-17,35H,3,5-6,9-12,15,18H2,1-2,4H3,(H,37,40). The van der Waals surface area contributed by atoms with E-state index in [0.29, 0.717) is 59.7 Å². The van der Waals surface area contributed by atoms with E-state index in [2.05, 4.69) is 27.1 Å². The molecule has 0 bridgehead atoms. The lowest BCUT2D eigenvalue weighted by Crippen LogP contribution is -2.45. The van der Waals surface area contributed by atoms with Crippen molar-refractivity contribution in [2.75, 3.05) is 44.6 Å². The SMILES string of the molecule is C=C1C=C(OCC)C(c2ccc(CC(=O)Nc3cc(C(F)(F)F)c(CN4CCN(CC)CC4)cc3F)c(C)n2)=CN1. The topological polar surface area (TPSA) is 69.7 Å². The molecule has 2 aliphatic heterocycles. The number of likely N-dealkylation sites (N-methyl/N-ethyl adjacent to an activating group) is 1. The minimum Gasteiger partial charge on any atom is -0.493 e. The molecule has 0 radical (unpaired) electrons. The van der Waals surface area contributed by atoms with E-state index >= 15 is 0 Å². The number of ether oxygens (including phenoxy) is 1. The van der Waals surface area contributed by atoms with Gasteiger partial charge in [0.05, 0.1) is 35.5 Å². The second-order valence-corrected chi connectivity index (χ2v) is 10.0. The van der Waals surface area contributed by atoms with Gasteiger partial charge in [-0.3, -0.25) is 14.7 Å². The molecular formula is C30H35F4N5O2. The van der Waals surface area contributed by atoms with Gasteiger partial charge in [-0.2, -0.15) is 13.2 Å². The summed E-state index contributed by atoms with van der Waals surface area (Å²) >= 11 is 0. The second kappa shape index (κ2) is 12.9. The van der Waals surface area contributed by atoms with Crippen LogP contribution in [0, 0.1) is 12.7 Å². The Labute approximate surface area is 237 Å². The third kappa shape index (κ3) is 7.53. The minimum absolute atomic E-state index is 0.0188. The Bertz CT molecular complexity index is 1360. The number of benzene rings is 1. The molecule has 0 atom stereocenters. The molecule has 0 spiro atoms. The first-order valence-electron chi connectivity index (χ1n) is 13.6. The molecular weight excluding hydrogens is 538 g/mol. The second-order valence-electron chi connectivity index (χ2n) is 10.0. The van der Waals surface area contributed by atoms with E-state index < -0.39 is 29.2 Å². The average Bonchev–Trinajstić information content (AvgIpc) is 2.91. The molecule has 0 saturated carbocycles. The van der Waals surface area contributed by atoms with Crippen molar-refractivity contribution in [2.45, 2.75) is 39.9 Å². The van der Waals surface area contributed by atoms with E-state index in [4.69, 9.17) is 4.74 Å². The highest BCUT2D eigenvalue weighted by Gasteiger charge is 2.35. The quantitative estimate of drug-likeness (QED) is 0.400. The lowest BCUT2D eigenvalue weighted by atomic mass is 10.0. The highest BCUT2D eigenvalue weighted by atomic mass is 19.4. The summed E-state index contributed by atoms with van der Waals surface area (Å²) in [4.78, 5) is 21.5. The number of hydrogen-bond acceptors (Lipinski definition) is 6. The van der Waals surface area contributed by atoms with Crippen LogP contribution in [0.25, 0.3) is 5.57 Å². The van der Waals surface area contributed by atoms with Crippen molar-refractivity contribution in [3.05, 3.63) is 88.5 Å². The normalized spacial score (nSPS) is 16.6. The van der Waals surface area contributed by atoms with Crippen molar-refractivity contribution >= 4 is 17.2 Å². The van der Waals surface area contributed by atoms with Crippen LogP contribution in [0.15, 0.2) is 54.6 Å². The van der Waals surface area contributed by atoms with E-state index in [-0.39, 0.29) is 18.5 Å². The van der Waals surface area contributed by atoms with Crippen molar-refractivity contribution in [3.63, 3.8) is 0 Å². The number of carbonyl (C=O) groups excluding carboxylic acids is 1. The van der Waals surface area contributed by atoms with Gasteiger partial charge in [-0.25, -0.2) is 4.39 Å². The number of anilines is 1. The Morgan fingerprint density at radius 2 is 1.83 bits per heavy atom. The van der Waals surface area contributed by atoms with Gasteiger partial charge in [0.15, 0.2) is 0 Å². The van der Waals surface area contributed by atoms with Gasteiger partial charge in [-0.15, -0.1) is 0 Å². The highest BCUT2D eigenvalue weighted by molar-refractivity contribution is 5.92. The van der Waals surface area contributed by atoms with Gasteiger partial charge in [0, 0.05) is 56.4 Å². The summed E-state index contributed by atoms with van der Waals surface area (Å²) in [7, 11) is 0. The maximum atomic E-state index is 15.0.